The van der Waals surface area contributed by atoms with Crippen molar-refractivity contribution in [2.24, 2.45) is 0 Å². The normalized spacial score (nSPS) is 11.2. The highest BCUT2D eigenvalue weighted by molar-refractivity contribution is 6.30. The third-order valence-electron chi connectivity index (χ3n) is 2.65. The first-order valence-corrected chi connectivity index (χ1v) is 6.80. The lowest BCUT2D eigenvalue weighted by Gasteiger charge is -2.04. The monoisotopic (exact) mass is 279 g/mol. The van der Waals surface area contributed by atoms with Gasteiger partial charge in [0.1, 0.15) is 0 Å². The third-order valence-corrected chi connectivity index (χ3v) is 2.89. The van der Waals surface area contributed by atoms with Gasteiger partial charge < -0.3 is 9.84 Å². The van der Waals surface area contributed by atoms with E-state index in [2.05, 4.69) is 29.3 Å². The number of hydrogen-bond acceptors (Lipinski definition) is 4. The van der Waals surface area contributed by atoms with Crippen molar-refractivity contribution in [2.75, 3.05) is 6.54 Å². The highest BCUT2D eigenvalue weighted by Gasteiger charge is 2.07. The SMILES string of the molecule is CC(C)NCCc1nc(Cc2cccc(Cl)c2)no1. The minimum atomic E-state index is 0.467. The molecule has 0 fully saturated rings. The predicted octanol–water partition coefficient (Wildman–Crippen LogP) is 2.85. The van der Waals surface area contributed by atoms with Crippen LogP contribution >= 0.6 is 11.6 Å². The van der Waals surface area contributed by atoms with Crippen molar-refractivity contribution < 1.29 is 4.52 Å². The van der Waals surface area contributed by atoms with Gasteiger partial charge in [0.2, 0.25) is 5.89 Å². The van der Waals surface area contributed by atoms with Crippen LogP contribution in [0, 0.1) is 0 Å². The number of halogens is 1. The molecule has 0 atom stereocenters. The maximum atomic E-state index is 5.94. The molecule has 2 aromatic rings. The van der Waals surface area contributed by atoms with E-state index in [1.807, 2.05) is 24.3 Å². The second-order valence-electron chi connectivity index (χ2n) is 4.77. The highest BCUT2D eigenvalue weighted by Crippen LogP contribution is 2.13. The number of nitrogens with zero attached hydrogens (tertiary/aromatic N) is 2. The summed E-state index contributed by atoms with van der Waals surface area (Å²) < 4.78 is 5.21. The fraction of sp³-hybridized carbons (Fsp3) is 0.429. The van der Waals surface area contributed by atoms with Gasteiger partial charge in [0, 0.05) is 30.5 Å². The van der Waals surface area contributed by atoms with Gasteiger partial charge in [-0.15, -0.1) is 0 Å². The van der Waals surface area contributed by atoms with Crippen molar-refractivity contribution in [3.8, 4) is 0 Å². The van der Waals surface area contributed by atoms with Crippen molar-refractivity contribution in [1.29, 1.82) is 0 Å². The van der Waals surface area contributed by atoms with E-state index in [0.717, 1.165) is 23.6 Å². The van der Waals surface area contributed by atoms with Gasteiger partial charge >= 0.3 is 0 Å². The van der Waals surface area contributed by atoms with Crippen molar-refractivity contribution in [3.63, 3.8) is 0 Å². The summed E-state index contributed by atoms with van der Waals surface area (Å²) in [7, 11) is 0. The molecule has 1 aromatic heterocycles. The zero-order chi connectivity index (χ0) is 13.7. The van der Waals surface area contributed by atoms with Gasteiger partial charge in [-0.25, -0.2) is 0 Å². The highest BCUT2D eigenvalue weighted by atomic mass is 35.5. The molecule has 0 spiro atoms. The minimum Gasteiger partial charge on any atom is -0.339 e. The molecule has 4 nitrogen and oxygen atoms in total. The summed E-state index contributed by atoms with van der Waals surface area (Å²) in [5.74, 6) is 1.37. The molecule has 19 heavy (non-hydrogen) atoms. The van der Waals surface area contributed by atoms with Crippen LogP contribution in [0.2, 0.25) is 5.02 Å². The molecule has 0 bridgehead atoms. The van der Waals surface area contributed by atoms with Crippen molar-refractivity contribution in [1.82, 2.24) is 15.5 Å². The van der Waals surface area contributed by atoms with Gasteiger partial charge in [-0.05, 0) is 17.7 Å². The number of aromatic nitrogens is 2. The summed E-state index contributed by atoms with van der Waals surface area (Å²) in [4.78, 5) is 4.37. The zero-order valence-corrected chi connectivity index (χ0v) is 11.9. The quantitative estimate of drug-likeness (QED) is 0.883. The van der Waals surface area contributed by atoms with Crippen LogP contribution in [0.5, 0.6) is 0 Å². The standard InChI is InChI=1S/C14H18ClN3O/c1-10(2)16-7-6-14-17-13(18-19-14)9-11-4-3-5-12(15)8-11/h3-5,8,10,16H,6-7,9H2,1-2H3. The number of nitrogens with one attached hydrogen (secondary N) is 1. The topological polar surface area (TPSA) is 51.0 Å². The molecule has 2 rings (SSSR count). The summed E-state index contributed by atoms with van der Waals surface area (Å²) >= 11 is 5.94. The molecule has 5 heteroatoms. The Hall–Kier alpha value is -1.39. The fourth-order valence-corrected chi connectivity index (χ4v) is 1.97. The van der Waals surface area contributed by atoms with E-state index in [-0.39, 0.29) is 0 Å². The Labute approximate surface area is 118 Å². The van der Waals surface area contributed by atoms with Gasteiger partial charge in [-0.3, -0.25) is 0 Å². The molecule has 1 aromatic carbocycles. The van der Waals surface area contributed by atoms with Crippen LogP contribution in [0.4, 0.5) is 0 Å². The van der Waals surface area contributed by atoms with E-state index in [9.17, 15) is 0 Å². The molecule has 1 heterocycles. The van der Waals surface area contributed by atoms with Crippen LogP contribution in [0.15, 0.2) is 28.8 Å². The molecule has 0 radical (unpaired) electrons. The molecule has 0 aliphatic heterocycles. The van der Waals surface area contributed by atoms with Gasteiger partial charge in [0.25, 0.3) is 0 Å². The third kappa shape index (κ3) is 4.65. The van der Waals surface area contributed by atoms with Gasteiger partial charge in [0.05, 0.1) is 0 Å². The average Bonchev–Trinajstić information content (AvgIpc) is 2.76. The van der Waals surface area contributed by atoms with E-state index >= 15 is 0 Å². The lowest BCUT2D eigenvalue weighted by molar-refractivity contribution is 0.369. The van der Waals surface area contributed by atoms with Crippen LogP contribution in [-0.4, -0.2) is 22.7 Å². The summed E-state index contributed by atoms with van der Waals surface area (Å²) in [5, 5.41) is 8.02. The first kappa shape index (κ1) is 14.0. The van der Waals surface area contributed by atoms with Gasteiger partial charge in [0.15, 0.2) is 5.82 Å². The van der Waals surface area contributed by atoms with E-state index in [1.54, 1.807) is 0 Å². The summed E-state index contributed by atoms with van der Waals surface area (Å²) in [5.41, 5.74) is 1.08. The Kier molecular flexibility index (Phi) is 4.93. The molecule has 0 unspecified atom stereocenters. The fourth-order valence-electron chi connectivity index (χ4n) is 1.76. The largest absolute Gasteiger partial charge is 0.339 e. The Morgan fingerprint density at radius 3 is 2.95 bits per heavy atom. The van der Waals surface area contributed by atoms with E-state index in [1.165, 1.54) is 0 Å². The Bertz CT molecular complexity index is 525. The first-order valence-electron chi connectivity index (χ1n) is 6.43. The van der Waals surface area contributed by atoms with Crippen molar-refractivity contribution >= 4 is 11.6 Å². The predicted molar refractivity (Wildman–Crippen MR) is 75.4 cm³/mol. The smallest absolute Gasteiger partial charge is 0.227 e. The lowest BCUT2D eigenvalue weighted by Crippen LogP contribution is -2.25. The first-order chi connectivity index (χ1) is 9.13. The average molecular weight is 280 g/mol. The maximum absolute atomic E-state index is 5.94. The van der Waals surface area contributed by atoms with E-state index in [4.69, 9.17) is 16.1 Å². The summed E-state index contributed by atoms with van der Waals surface area (Å²) in [6.07, 6.45) is 1.39. The molecule has 0 saturated carbocycles. The van der Waals surface area contributed by atoms with Gasteiger partial charge in [-0.1, -0.05) is 42.7 Å². The molecular weight excluding hydrogens is 262 g/mol. The van der Waals surface area contributed by atoms with Crippen LogP contribution < -0.4 is 5.32 Å². The molecule has 0 saturated heterocycles. The number of hydrogen-bond donors (Lipinski definition) is 1. The van der Waals surface area contributed by atoms with Crippen LogP contribution in [-0.2, 0) is 12.8 Å². The van der Waals surface area contributed by atoms with Crippen LogP contribution in [0.1, 0.15) is 31.1 Å². The van der Waals surface area contributed by atoms with Crippen molar-refractivity contribution in [3.05, 3.63) is 46.6 Å². The van der Waals surface area contributed by atoms with E-state index in [0.29, 0.717) is 24.2 Å². The Balaban J connectivity index is 1.90. The lowest BCUT2D eigenvalue weighted by atomic mass is 10.1. The minimum absolute atomic E-state index is 0.467. The van der Waals surface area contributed by atoms with Crippen molar-refractivity contribution in [2.45, 2.75) is 32.7 Å². The number of benzene rings is 1. The Morgan fingerprint density at radius 1 is 1.37 bits per heavy atom. The van der Waals surface area contributed by atoms with Crippen LogP contribution in [0.3, 0.4) is 0 Å². The molecule has 0 amide bonds. The molecule has 0 aliphatic carbocycles. The summed E-state index contributed by atoms with van der Waals surface area (Å²) in [6.45, 7) is 5.06. The van der Waals surface area contributed by atoms with Gasteiger partial charge in [-0.2, -0.15) is 4.98 Å². The molecular formula is C14H18ClN3O. The zero-order valence-electron chi connectivity index (χ0n) is 11.2. The molecule has 1 N–H and O–H groups in total. The number of rotatable bonds is 6. The van der Waals surface area contributed by atoms with E-state index < -0.39 is 0 Å². The Morgan fingerprint density at radius 2 is 2.21 bits per heavy atom. The second-order valence-corrected chi connectivity index (χ2v) is 5.21. The summed E-state index contributed by atoms with van der Waals surface area (Å²) in [6, 6.07) is 8.16. The maximum Gasteiger partial charge on any atom is 0.227 e. The second kappa shape index (κ2) is 6.68. The molecule has 102 valence electrons. The van der Waals surface area contributed by atoms with Crippen LogP contribution in [0.25, 0.3) is 0 Å². The molecule has 0 aliphatic rings.